The highest BCUT2D eigenvalue weighted by Gasteiger charge is 2.19. The van der Waals surface area contributed by atoms with Gasteiger partial charge in [0, 0.05) is 10.4 Å². The second-order valence-electron chi connectivity index (χ2n) is 3.65. The van der Waals surface area contributed by atoms with Crippen molar-refractivity contribution in [2.45, 2.75) is 13.0 Å². The van der Waals surface area contributed by atoms with E-state index in [-0.39, 0.29) is 11.4 Å². The summed E-state index contributed by atoms with van der Waals surface area (Å²) in [5.74, 6) is -0.374. The number of hydrogen-bond donors (Lipinski definition) is 1. The van der Waals surface area contributed by atoms with E-state index in [9.17, 15) is 9.50 Å². The Kier molecular flexibility index (Phi) is 3.88. The minimum absolute atomic E-state index is 0.274. The van der Waals surface area contributed by atoms with Crippen molar-refractivity contribution in [2.75, 3.05) is 0 Å². The van der Waals surface area contributed by atoms with Crippen molar-refractivity contribution in [3.05, 3.63) is 54.9 Å². The van der Waals surface area contributed by atoms with Crippen molar-refractivity contribution < 1.29 is 9.50 Å². The highest BCUT2D eigenvalue weighted by atomic mass is 79.9. The number of benzene rings is 1. The Labute approximate surface area is 116 Å². The van der Waals surface area contributed by atoms with Crippen molar-refractivity contribution in [2.24, 2.45) is 0 Å². The molecule has 5 heteroatoms. The number of rotatable bonds is 2. The van der Waals surface area contributed by atoms with Gasteiger partial charge in [-0.2, -0.15) is 0 Å². The summed E-state index contributed by atoms with van der Waals surface area (Å²) >= 11 is 10.5. The van der Waals surface area contributed by atoms with Gasteiger partial charge in [-0.15, -0.1) is 11.3 Å². The zero-order valence-electron chi connectivity index (χ0n) is 8.88. The highest BCUT2D eigenvalue weighted by Crippen LogP contribution is 2.38. The molecule has 90 valence electrons. The second-order valence-corrected chi connectivity index (χ2v) is 6.46. The minimum Gasteiger partial charge on any atom is -0.383 e. The largest absolute Gasteiger partial charge is 0.383 e. The molecule has 2 aromatic rings. The first-order valence-corrected chi connectivity index (χ1v) is 6.87. The summed E-state index contributed by atoms with van der Waals surface area (Å²) in [6.45, 7) is 1.67. The molecule has 0 aliphatic rings. The summed E-state index contributed by atoms with van der Waals surface area (Å²) in [6.07, 6.45) is -0.983. The van der Waals surface area contributed by atoms with Gasteiger partial charge in [0.15, 0.2) is 0 Å². The Hall–Kier alpha value is -0.420. The average Bonchev–Trinajstić information content (AvgIpc) is 2.62. The van der Waals surface area contributed by atoms with Gasteiger partial charge in [-0.25, -0.2) is 4.39 Å². The molecule has 0 fully saturated rings. The third kappa shape index (κ3) is 2.55. The van der Waals surface area contributed by atoms with Crippen LogP contribution in [0, 0.1) is 12.7 Å². The molecule has 1 N–H and O–H groups in total. The molecule has 0 aliphatic heterocycles. The number of halogens is 3. The Morgan fingerprint density at radius 2 is 2.18 bits per heavy atom. The molecule has 0 amide bonds. The highest BCUT2D eigenvalue weighted by molar-refractivity contribution is 9.11. The Morgan fingerprint density at radius 3 is 2.76 bits per heavy atom. The summed E-state index contributed by atoms with van der Waals surface area (Å²) in [5, 5.41) is 10.7. The van der Waals surface area contributed by atoms with Crippen LogP contribution in [0.15, 0.2) is 28.1 Å². The summed E-state index contributed by atoms with van der Waals surface area (Å²) in [4.78, 5) is 0.617. The van der Waals surface area contributed by atoms with Crippen molar-refractivity contribution in [1.82, 2.24) is 0 Å². The fraction of sp³-hybridized carbons (Fsp3) is 0.167. The molecule has 0 aliphatic carbocycles. The topological polar surface area (TPSA) is 20.2 Å². The van der Waals surface area contributed by atoms with Gasteiger partial charge < -0.3 is 5.11 Å². The fourth-order valence-electron chi connectivity index (χ4n) is 1.53. The first-order valence-electron chi connectivity index (χ1n) is 4.88. The lowest BCUT2D eigenvalue weighted by Crippen LogP contribution is -2.01. The first kappa shape index (κ1) is 13.0. The molecule has 2 rings (SSSR count). The van der Waals surface area contributed by atoms with Crippen LogP contribution in [0.3, 0.4) is 0 Å². The molecule has 0 radical (unpaired) electrons. The Balaban J connectivity index is 2.43. The van der Waals surface area contributed by atoms with Crippen LogP contribution in [0.1, 0.15) is 22.1 Å². The molecule has 1 atom stereocenters. The lowest BCUT2D eigenvalue weighted by molar-refractivity contribution is 0.218. The van der Waals surface area contributed by atoms with Crippen LogP contribution in [0.2, 0.25) is 5.02 Å². The third-order valence-corrected chi connectivity index (χ3v) is 4.98. The lowest BCUT2D eigenvalue weighted by atomic mass is 10.0. The zero-order chi connectivity index (χ0) is 12.6. The van der Waals surface area contributed by atoms with Crippen LogP contribution in [0.4, 0.5) is 4.39 Å². The van der Waals surface area contributed by atoms with Gasteiger partial charge in [0.25, 0.3) is 0 Å². The van der Waals surface area contributed by atoms with Crippen LogP contribution >= 0.6 is 38.9 Å². The predicted octanol–water partition coefficient (Wildman–Crippen LogP) is 4.69. The van der Waals surface area contributed by atoms with Crippen LogP contribution in [0.25, 0.3) is 0 Å². The van der Waals surface area contributed by atoms with Gasteiger partial charge in [0.1, 0.15) is 11.9 Å². The second kappa shape index (κ2) is 5.06. The standard InChI is InChI=1S/C12H9BrClFOS/c1-6-3-2-4-7(10(6)15)11(16)9-5-8(14)12(13)17-9/h2-5,11,16H,1H3. The third-order valence-electron chi connectivity index (χ3n) is 2.45. The molecule has 17 heavy (non-hydrogen) atoms. The van der Waals surface area contributed by atoms with E-state index in [2.05, 4.69) is 15.9 Å². The molecule has 0 saturated carbocycles. The van der Waals surface area contributed by atoms with E-state index in [1.807, 2.05) is 0 Å². The molecule has 1 nitrogen and oxygen atoms in total. The summed E-state index contributed by atoms with van der Waals surface area (Å²) in [5.41, 5.74) is 0.790. The molecule has 0 saturated heterocycles. The summed E-state index contributed by atoms with van der Waals surface area (Å²) in [7, 11) is 0. The molecule has 0 spiro atoms. The number of aryl methyl sites for hydroxylation is 1. The predicted molar refractivity (Wildman–Crippen MR) is 72.2 cm³/mol. The van der Waals surface area contributed by atoms with E-state index >= 15 is 0 Å². The van der Waals surface area contributed by atoms with Gasteiger partial charge in [-0.05, 0) is 34.5 Å². The van der Waals surface area contributed by atoms with Crippen LogP contribution in [-0.4, -0.2) is 5.11 Å². The van der Waals surface area contributed by atoms with E-state index in [0.717, 1.165) is 3.79 Å². The van der Waals surface area contributed by atoms with Crippen LogP contribution in [0.5, 0.6) is 0 Å². The van der Waals surface area contributed by atoms with E-state index in [4.69, 9.17) is 11.6 Å². The molecule has 1 unspecified atom stereocenters. The van der Waals surface area contributed by atoms with E-state index in [0.29, 0.717) is 15.5 Å². The molecule has 1 aromatic heterocycles. The molecule has 1 aromatic carbocycles. The number of aliphatic hydroxyl groups excluding tert-OH is 1. The monoisotopic (exact) mass is 334 g/mol. The maximum atomic E-state index is 13.8. The lowest BCUT2D eigenvalue weighted by Gasteiger charge is -2.11. The number of thiophene rings is 1. The molecular formula is C12H9BrClFOS. The van der Waals surface area contributed by atoms with Crippen molar-refractivity contribution in [3.8, 4) is 0 Å². The Bertz CT molecular complexity index is 536. The Morgan fingerprint density at radius 1 is 1.47 bits per heavy atom. The SMILES string of the molecule is Cc1cccc(C(O)c2cc(Cl)c(Br)s2)c1F. The van der Waals surface area contributed by atoms with Crippen LogP contribution in [-0.2, 0) is 0 Å². The van der Waals surface area contributed by atoms with Crippen molar-refractivity contribution in [3.63, 3.8) is 0 Å². The minimum atomic E-state index is -0.983. The van der Waals surface area contributed by atoms with Crippen molar-refractivity contribution >= 4 is 38.9 Å². The average molecular weight is 336 g/mol. The fourth-order valence-corrected chi connectivity index (χ4v) is 3.28. The van der Waals surface area contributed by atoms with E-state index in [1.54, 1.807) is 31.2 Å². The van der Waals surface area contributed by atoms with Gasteiger partial charge in [-0.1, -0.05) is 29.8 Å². The van der Waals surface area contributed by atoms with Gasteiger partial charge in [0.05, 0.1) is 8.81 Å². The van der Waals surface area contributed by atoms with E-state index in [1.165, 1.54) is 11.3 Å². The quantitative estimate of drug-likeness (QED) is 0.844. The summed E-state index contributed by atoms with van der Waals surface area (Å²) in [6, 6.07) is 6.61. The number of hydrogen-bond acceptors (Lipinski definition) is 2. The summed E-state index contributed by atoms with van der Waals surface area (Å²) < 4.78 is 14.6. The molecular weight excluding hydrogens is 327 g/mol. The van der Waals surface area contributed by atoms with Crippen LogP contribution < -0.4 is 0 Å². The van der Waals surface area contributed by atoms with Gasteiger partial charge >= 0.3 is 0 Å². The van der Waals surface area contributed by atoms with Gasteiger partial charge in [-0.3, -0.25) is 0 Å². The van der Waals surface area contributed by atoms with Gasteiger partial charge in [0.2, 0.25) is 0 Å². The smallest absolute Gasteiger partial charge is 0.132 e. The maximum Gasteiger partial charge on any atom is 0.132 e. The van der Waals surface area contributed by atoms with Crippen molar-refractivity contribution in [1.29, 1.82) is 0 Å². The maximum absolute atomic E-state index is 13.8. The normalized spacial score (nSPS) is 12.8. The molecule has 0 bridgehead atoms. The molecule has 1 heterocycles. The van der Waals surface area contributed by atoms with E-state index < -0.39 is 6.10 Å². The first-order chi connectivity index (χ1) is 8.00. The zero-order valence-corrected chi connectivity index (χ0v) is 12.0. The number of aliphatic hydroxyl groups is 1.